The van der Waals surface area contributed by atoms with Crippen LogP contribution in [0.4, 0.5) is 18.9 Å². The van der Waals surface area contributed by atoms with Crippen molar-refractivity contribution in [1.82, 2.24) is 0 Å². The number of nitrogens with zero attached hydrogens (tertiary/aromatic N) is 1. The molecule has 1 rings (SSSR count). The third-order valence-electron chi connectivity index (χ3n) is 1.77. The average Bonchev–Trinajstić information content (AvgIpc) is 2.06. The van der Waals surface area contributed by atoms with E-state index in [1.165, 1.54) is 0 Å². The molecule has 0 unspecified atom stereocenters. The molecule has 0 fully saturated rings. The highest BCUT2D eigenvalue weighted by Gasteiger charge is 2.31. The van der Waals surface area contributed by atoms with E-state index < -0.39 is 23.2 Å². The molecule has 0 amide bonds. The molecule has 0 heterocycles. The molecule has 0 bridgehead atoms. The van der Waals surface area contributed by atoms with Crippen molar-refractivity contribution in [2.75, 3.05) is 5.73 Å². The summed E-state index contributed by atoms with van der Waals surface area (Å²) in [6, 6.07) is 2.50. The summed E-state index contributed by atoms with van der Waals surface area (Å²) in [5.41, 5.74) is 4.23. The Bertz CT molecular complexity index is 390. The van der Waals surface area contributed by atoms with Crippen LogP contribution < -0.4 is 5.73 Å². The SMILES string of the molecule is Nc1ccc(C(F)(F)F)cc1C[N+](=O)[O-]. The highest BCUT2D eigenvalue weighted by atomic mass is 19.4. The van der Waals surface area contributed by atoms with Crippen molar-refractivity contribution in [3.63, 3.8) is 0 Å². The number of rotatable bonds is 2. The van der Waals surface area contributed by atoms with Crippen LogP contribution in [0.3, 0.4) is 0 Å². The minimum absolute atomic E-state index is 0.0142. The van der Waals surface area contributed by atoms with Crippen molar-refractivity contribution < 1.29 is 18.1 Å². The molecule has 0 aliphatic heterocycles. The van der Waals surface area contributed by atoms with Gasteiger partial charge < -0.3 is 5.73 Å². The molecule has 1 aromatic carbocycles. The van der Waals surface area contributed by atoms with E-state index in [1.54, 1.807) is 0 Å². The molecular weight excluding hydrogens is 213 g/mol. The van der Waals surface area contributed by atoms with Crippen LogP contribution in [0.2, 0.25) is 0 Å². The van der Waals surface area contributed by atoms with Crippen molar-refractivity contribution in [2.24, 2.45) is 0 Å². The number of nitro groups is 1. The molecule has 0 radical (unpaired) electrons. The van der Waals surface area contributed by atoms with Crippen LogP contribution in [-0.2, 0) is 12.7 Å². The van der Waals surface area contributed by atoms with Gasteiger partial charge in [0.1, 0.15) is 0 Å². The average molecular weight is 220 g/mol. The molecule has 0 aliphatic carbocycles. The second kappa shape index (κ2) is 3.76. The normalized spacial score (nSPS) is 11.4. The van der Waals surface area contributed by atoms with Gasteiger partial charge in [0.15, 0.2) is 0 Å². The van der Waals surface area contributed by atoms with E-state index in [9.17, 15) is 23.3 Å². The number of halogens is 3. The maximum atomic E-state index is 12.2. The Labute approximate surface area is 82.7 Å². The highest BCUT2D eigenvalue weighted by Crippen LogP contribution is 2.31. The Morgan fingerprint density at radius 1 is 1.40 bits per heavy atom. The minimum atomic E-state index is -4.51. The predicted molar refractivity (Wildman–Crippen MR) is 46.6 cm³/mol. The van der Waals surface area contributed by atoms with Gasteiger partial charge in [0.2, 0.25) is 6.54 Å². The van der Waals surface area contributed by atoms with Crippen LogP contribution in [-0.4, -0.2) is 4.92 Å². The summed E-state index contributed by atoms with van der Waals surface area (Å²) in [6.07, 6.45) is -4.51. The number of hydrogen-bond donors (Lipinski definition) is 1. The topological polar surface area (TPSA) is 69.2 Å². The van der Waals surface area contributed by atoms with E-state index in [-0.39, 0.29) is 11.3 Å². The quantitative estimate of drug-likeness (QED) is 0.471. The molecule has 0 atom stereocenters. The first-order chi connectivity index (χ1) is 6.80. The van der Waals surface area contributed by atoms with Gasteiger partial charge >= 0.3 is 6.18 Å². The van der Waals surface area contributed by atoms with E-state index in [0.29, 0.717) is 6.07 Å². The van der Waals surface area contributed by atoms with Gasteiger partial charge in [-0.05, 0) is 18.2 Å². The van der Waals surface area contributed by atoms with Gasteiger partial charge in [-0.25, -0.2) is 0 Å². The number of hydrogen-bond acceptors (Lipinski definition) is 3. The van der Waals surface area contributed by atoms with Gasteiger partial charge in [0.25, 0.3) is 0 Å². The lowest BCUT2D eigenvalue weighted by Gasteiger charge is -2.08. The standard InChI is InChI=1S/C8H7F3N2O2/c9-8(10,11)6-1-2-7(12)5(3-6)4-13(14)15/h1-3H,4,12H2. The smallest absolute Gasteiger partial charge is 0.398 e. The number of nitrogens with two attached hydrogens (primary N) is 1. The maximum absolute atomic E-state index is 12.2. The zero-order valence-electron chi connectivity index (χ0n) is 7.41. The minimum Gasteiger partial charge on any atom is -0.398 e. The fraction of sp³-hybridized carbons (Fsp3) is 0.250. The van der Waals surface area contributed by atoms with E-state index in [1.807, 2.05) is 0 Å². The summed E-state index contributed by atoms with van der Waals surface area (Å²) in [7, 11) is 0. The molecule has 0 saturated heterocycles. The summed E-state index contributed by atoms with van der Waals surface area (Å²) < 4.78 is 36.7. The second-order valence-electron chi connectivity index (χ2n) is 2.90. The molecular formula is C8H7F3N2O2. The first kappa shape index (κ1) is 11.3. The zero-order valence-corrected chi connectivity index (χ0v) is 7.41. The summed E-state index contributed by atoms with van der Waals surface area (Å²) in [5.74, 6) is 0. The van der Waals surface area contributed by atoms with Crippen LogP contribution in [0.1, 0.15) is 11.1 Å². The summed E-state index contributed by atoms with van der Waals surface area (Å²) in [6.45, 7) is -0.713. The lowest BCUT2D eigenvalue weighted by Crippen LogP contribution is -2.08. The van der Waals surface area contributed by atoms with Crippen molar-refractivity contribution >= 4 is 5.69 Å². The molecule has 2 N–H and O–H groups in total. The number of benzene rings is 1. The molecule has 15 heavy (non-hydrogen) atoms. The predicted octanol–water partition coefficient (Wildman–Crippen LogP) is 2.06. The number of alkyl halides is 3. The van der Waals surface area contributed by atoms with E-state index in [0.717, 1.165) is 12.1 Å². The third-order valence-corrected chi connectivity index (χ3v) is 1.77. The van der Waals surface area contributed by atoms with Crippen LogP contribution in [0, 0.1) is 10.1 Å². The van der Waals surface area contributed by atoms with Crippen LogP contribution in [0.25, 0.3) is 0 Å². The van der Waals surface area contributed by atoms with E-state index in [2.05, 4.69) is 0 Å². The monoisotopic (exact) mass is 220 g/mol. The van der Waals surface area contributed by atoms with Gasteiger partial charge in [0.05, 0.1) is 5.56 Å². The van der Waals surface area contributed by atoms with Crippen molar-refractivity contribution in [3.05, 3.63) is 39.4 Å². The van der Waals surface area contributed by atoms with Gasteiger partial charge in [-0.2, -0.15) is 13.2 Å². The summed E-state index contributed by atoms with van der Waals surface area (Å²) in [5, 5.41) is 10.2. The third kappa shape index (κ3) is 2.83. The van der Waals surface area contributed by atoms with Crippen LogP contribution in [0.5, 0.6) is 0 Å². The molecule has 1 aromatic rings. The van der Waals surface area contributed by atoms with Gasteiger partial charge in [-0.15, -0.1) is 0 Å². The second-order valence-corrected chi connectivity index (χ2v) is 2.90. The van der Waals surface area contributed by atoms with Crippen molar-refractivity contribution in [3.8, 4) is 0 Å². The Morgan fingerprint density at radius 2 is 2.00 bits per heavy atom. The van der Waals surface area contributed by atoms with Gasteiger partial charge in [-0.1, -0.05) is 0 Å². The first-order valence-corrected chi connectivity index (χ1v) is 3.88. The molecule has 0 aliphatic rings. The van der Waals surface area contributed by atoms with E-state index >= 15 is 0 Å². The van der Waals surface area contributed by atoms with Gasteiger partial charge in [-0.3, -0.25) is 10.1 Å². The Kier molecular flexibility index (Phi) is 2.83. The molecule has 0 spiro atoms. The Morgan fingerprint density at radius 3 is 2.47 bits per heavy atom. The number of nitrogen functional groups attached to an aromatic ring is 1. The Hall–Kier alpha value is -1.79. The Balaban J connectivity index is 3.11. The number of anilines is 1. The molecule has 4 nitrogen and oxygen atoms in total. The maximum Gasteiger partial charge on any atom is 0.416 e. The lowest BCUT2D eigenvalue weighted by atomic mass is 10.1. The summed E-state index contributed by atoms with van der Waals surface area (Å²) in [4.78, 5) is 9.42. The van der Waals surface area contributed by atoms with Crippen molar-refractivity contribution in [2.45, 2.75) is 12.7 Å². The fourth-order valence-electron chi connectivity index (χ4n) is 1.06. The highest BCUT2D eigenvalue weighted by molar-refractivity contribution is 5.48. The van der Waals surface area contributed by atoms with Crippen molar-refractivity contribution in [1.29, 1.82) is 0 Å². The fourth-order valence-corrected chi connectivity index (χ4v) is 1.06. The van der Waals surface area contributed by atoms with Crippen LogP contribution in [0.15, 0.2) is 18.2 Å². The molecule has 0 saturated carbocycles. The lowest BCUT2D eigenvalue weighted by molar-refractivity contribution is -0.496. The van der Waals surface area contributed by atoms with E-state index in [4.69, 9.17) is 5.73 Å². The first-order valence-electron chi connectivity index (χ1n) is 3.88. The van der Waals surface area contributed by atoms with Gasteiger partial charge in [0, 0.05) is 16.2 Å². The zero-order chi connectivity index (χ0) is 11.6. The molecule has 0 aromatic heterocycles. The summed E-state index contributed by atoms with van der Waals surface area (Å²) >= 11 is 0. The molecule has 82 valence electrons. The van der Waals surface area contributed by atoms with Crippen LogP contribution >= 0.6 is 0 Å². The largest absolute Gasteiger partial charge is 0.416 e. The molecule has 7 heteroatoms.